The van der Waals surface area contributed by atoms with Gasteiger partial charge < -0.3 is 9.53 Å². The molecule has 18 heavy (non-hydrogen) atoms. The number of carbonyl (C=O) groups excluding carboxylic acids is 2. The first-order valence-electron chi connectivity index (χ1n) is 5.70. The number of hydrogen-bond donors (Lipinski definition) is 0. The summed E-state index contributed by atoms with van der Waals surface area (Å²) in [5.41, 5.74) is -1.12. The Morgan fingerprint density at radius 2 is 1.78 bits per heavy atom. The fourth-order valence-corrected chi connectivity index (χ4v) is 1.52. The minimum atomic E-state index is -1.12. The molecule has 0 fully saturated rings. The van der Waals surface area contributed by atoms with Crippen LogP contribution in [0.5, 0.6) is 5.75 Å². The number of rotatable bonds is 3. The minimum Gasteiger partial charge on any atom is -0.426 e. The van der Waals surface area contributed by atoms with E-state index in [4.69, 9.17) is 4.74 Å². The summed E-state index contributed by atoms with van der Waals surface area (Å²) in [4.78, 5) is 22.5. The Balaban J connectivity index is 2.27. The Labute approximate surface area is 105 Å². The molecule has 0 unspecified atom stereocenters. The van der Waals surface area contributed by atoms with E-state index < -0.39 is 11.4 Å². The second kappa shape index (κ2) is 4.61. The lowest BCUT2D eigenvalue weighted by atomic mass is 9.96. The standard InChI is InChI=1S/C15H14O3/c1-15(2,10-16)14(17)18-13-8-7-11-5-3-4-6-12(11)9-13/h3-10H,1-2H3. The molecule has 0 N–H and O–H groups in total. The van der Waals surface area contributed by atoms with Crippen molar-refractivity contribution in [2.24, 2.45) is 5.41 Å². The normalized spacial score (nSPS) is 11.2. The lowest BCUT2D eigenvalue weighted by molar-refractivity contribution is -0.146. The summed E-state index contributed by atoms with van der Waals surface area (Å²) >= 11 is 0. The van der Waals surface area contributed by atoms with Crippen LogP contribution in [-0.4, -0.2) is 12.3 Å². The van der Waals surface area contributed by atoms with Crippen LogP contribution in [-0.2, 0) is 9.59 Å². The molecule has 0 aliphatic rings. The van der Waals surface area contributed by atoms with Crippen LogP contribution in [0.25, 0.3) is 10.8 Å². The van der Waals surface area contributed by atoms with E-state index in [0.717, 1.165) is 10.8 Å². The van der Waals surface area contributed by atoms with Crippen molar-refractivity contribution in [2.75, 3.05) is 0 Å². The number of esters is 1. The molecule has 92 valence electrons. The van der Waals surface area contributed by atoms with Gasteiger partial charge in [0.25, 0.3) is 0 Å². The smallest absolute Gasteiger partial charge is 0.324 e. The van der Waals surface area contributed by atoms with Crippen molar-refractivity contribution in [1.29, 1.82) is 0 Å². The molecular weight excluding hydrogens is 228 g/mol. The summed E-state index contributed by atoms with van der Waals surface area (Å²) in [6.45, 7) is 3.06. The summed E-state index contributed by atoms with van der Waals surface area (Å²) in [6, 6.07) is 13.2. The summed E-state index contributed by atoms with van der Waals surface area (Å²) in [5, 5.41) is 2.07. The highest BCUT2D eigenvalue weighted by Gasteiger charge is 2.29. The van der Waals surface area contributed by atoms with Crippen LogP contribution < -0.4 is 4.74 Å². The molecular formula is C15H14O3. The third-order valence-electron chi connectivity index (χ3n) is 2.75. The molecule has 0 spiro atoms. The first-order chi connectivity index (χ1) is 8.53. The predicted molar refractivity (Wildman–Crippen MR) is 69.4 cm³/mol. The predicted octanol–water partition coefficient (Wildman–Crippen LogP) is 2.97. The van der Waals surface area contributed by atoms with Crippen LogP contribution >= 0.6 is 0 Å². The zero-order valence-corrected chi connectivity index (χ0v) is 10.3. The van der Waals surface area contributed by atoms with Gasteiger partial charge in [-0.3, -0.25) is 4.79 Å². The quantitative estimate of drug-likeness (QED) is 0.359. The second-order valence-electron chi connectivity index (χ2n) is 4.74. The van der Waals surface area contributed by atoms with Crippen LogP contribution in [0.2, 0.25) is 0 Å². The van der Waals surface area contributed by atoms with Crippen molar-refractivity contribution in [3.05, 3.63) is 42.5 Å². The Bertz CT molecular complexity index is 599. The van der Waals surface area contributed by atoms with E-state index >= 15 is 0 Å². The summed E-state index contributed by atoms with van der Waals surface area (Å²) in [6.07, 6.45) is 0.594. The van der Waals surface area contributed by atoms with Gasteiger partial charge in [-0.2, -0.15) is 0 Å². The van der Waals surface area contributed by atoms with E-state index in [1.54, 1.807) is 12.1 Å². The molecule has 0 radical (unpaired) electrons. The fraction of sp³-hybridized carbons (Fsp3) is 0.200. The van der Waals surface area contributed by atoms with Gasteiger partial charge in [-0.25, -0.2) is 0 Å². The molecule has 2 aromatic rings. The third-order valence-corrected chi connectivity index (χ3v) is 2.75. The number of fused-ring (bicyclic) bond motifs is 1. The zero-order valence-electron chi connectivity index (χ0n) is 10.3. The Hall–Kier alpha value is -2.16. The Kier molecular flexibility index (Phi) is 3.15. The highest BCUT2D eigenvalue weighted by atomic mass is 16.5. The second-order valence-corrected chi connectivity index (χ2v) is 4.74. The fourth-order valence-electron chi connectivity index (χ4n) is 1.52. The van der Waals surface area contributed by atoms with E-state index in [-0.39, 0.29) is 0 Å². The maximum absolute atomic E-state index is 11.7. The monoisotopic (exact) mass is 242 g/mol. The molecule has 0 aliphatic heterocycles. The number of hydrogen-bond acceptors (Lipinski definition) is 3. The van der Waals surface area contributed by atoms with Crippen molar-refractivity contribution in [3.8, 4) is 5.75 Å². The molecule has 2 aromatic carbocycles. The average molecular weight is 242 g/mol. The van der Waals surface area contributed by atoms with Gasteiger partial charge in [0.1, 0.15) is 17.5 Å². The highest BCUT2D eigenvalue weighted by molar-refractivity contribution is 5.93. The molecule has 2 rings (SSSR count). The molecule has 0 aliphatic carbocycles. The maximum Gasteiger partial charge on any atom is 0.324 e. The van der Waals surface area contributed by atoms with Crippen LogP contribution in [0.3, 0.4) is 0 Å². The molecule has 0 atom stereocenters. The minimum absolute atomic E-state index is 0.452. The van der Waals surface area contributed by atoms with Gasteiger partial charge in [-0.05, 0) is 36.8 Å². The van der Waals surface area contributed by atoms with Gasteiger partial charge in [0.15, 0.2) is 0 Å². The molecule has 3 nitrogen and oxygen atoms in total. The van der Waals surface area contributed by atoms with E-state index in [0.29, 0.717) is 12.0 Å². The first-order valence-corrected chi connectivity index (χ1v) is 5.70. The zero-order chi connectivity index (χ0) is 13.2. The van der Waals surface area contributed by atoms with Crippen molar-refractivity contribution in [3.63, 3.8) is 0 Å². The molecule has 0 heterocycles. The largest absolute Gasteiger partial charge is 0.426 e. The average Bonchev–Trinajstić information content (AvgIpc) is 2.38. The van der Waals surface area contributed by atoms with Gasteiger partial charge in [0.05, 0.1) is 0 Å². The Morgan fingerprint density at radius 3 is 2.44 bits per heavy atom. The third kappa shape index (κ3) is 2.40. The van der Waals surface area contributed by atoms with Crippen molar-refractivity contribution < 1.29 is 14.3 Å². The SMILES string of the molecule is CC(C)(C=O)C(=O)Oc1ccc2ccccc2c1. The van der Waals surface area contributed by atoms with Gasteiger partial charge in [-0.1, -0.05) is 30.3 Å². The van der Waals surface area contributed by atoms with Gasteiger partial charge in [0.2, 0.25) is 0 Å². The van der Waals surface area contributed by atoms with E-state index in [1.165, 1.54) is 13.8 Å². The molecule has 3 heteroatoms. The summed E-state index contributed by atoms with van der Waals surface area (Å²) < 4.78 is 5.21. The van der Waals surface area contributed by atoms with Gasteiger partial charge in [0, 0.05) is 0 Å². The van der Waals surface area contributed by atoms with Crippen molar-refractivity contribution >= 4 is 23.0 Å². The summed E-state index contributed by atoms with van der Waals surface area (Å²) in [5.74, 6) is -0.0959. The van der Waals surface area contributed by atoms with E-state index in [9.17, 15) is 9.59 Å². The van der Waals surface area contributed by atoms with E-state index in [2.05, 4.69) is 0 Å². The number of carbonyl (C=O) groups is 2. The molecule has 0 saturated heterocycles. The number of ether oxygens (including phenoxy) is 1. The van der Waals surface area contributed by atoms with Crippen LogP contribution in [0, 0.1) is 5.41 Å². The van der Waals surface area contributed by atoms with Crippen molar-refractivity contribution in [2.45, 2.75) is 13.8 Å². The van der Waals surface area contributed by atoms with Gasteiger partial charge >= 0.3 is 5.97 Å². The van der Waals surface area contributed by atoms with Crippen LogP contribution in [0.4, 0.5) is 0 Å². The molecule has 0 aromatic heterocycles. The molecule has 0 amide bonds. The lowest BCUT2D eigenvalue weighted by Crippen LogP contribution is -2.30. The molecule has 0 bridgehead atoms. The maximum atomic E-state index is 11.7. The van der Waals surface area contributed by atoms with Gasteiger partial charge in [-0.15, -0.1) is 0 Å². The summed E-state index contributed by atoms with van der Waals surface area (Å²) in [7, 11) is 0. The Morgan fingerprint density at radius 1 is 1.11 bits per heavy atom. The van der Waals surface area contributed by atoms with Crippen LogP contribution in [0.15, 0.2) is 42.5 Å². The topological polar surface area (TPSA) is 43.4 Å². The first kappa shape index (κ1) is 12.3. The van der Waals surface area contributed by atoms with E-state index in [1.807, 2.05) is 30.3 Å². The number of benzene rings is 2. The van der Waals surface area contributed by atoms with Crippen molar-refractivity contribution in [1.82, 2.24) is 0 Å². The lowest BCUT2D eigenvalue weighted by Gasteiger charge is -2.15. The van der Waals surface area contributed by atoms with Crippen LogP contribution in [0.1, 0.15) is 13.8 Å². The highest BCUT2D eigenvalue weighted by Crippen LogP contribution is 2.23. The molecule has 0 saturated carbocycles. The number of aldehydes is 1.